The van der Waals surface area contributed by atoms with Gasteiger partial charge >= 0.3 is 0 Å². The number of hydrogen-bond donors (Lipinski definition) is 0. The number of rotatable bonds is 4. The molecule has 0 saturated heterocycles. The van der Waals surface area contributed by atoms with Crippen molar-refractivity contribution in [2.24, 2.45) is 5.92 Å². The van der Waals surface area contributed by atoms with E-state index in [4.69, 9.17) is 0 Å². The first kappa shape index (κ1) is 12.1. The summed E-state index contributed by atoms with van der Waals surface area (Å²) >= 11 is 1.55. The van der Waals surface area contributed by atoms with E-state index in [0.29, 0.717) is 5.92 Å². The van der Waals surface area contributed by atoms with Crippen LogP contribution in [0.2, 0.25) is 0 Å². The Morgan fingerprint density at radius 3 is 2.35 bits per heavy atom. The average Bonchev–Trinajstić information content (AvgIpc) is 2.82. The first-order chi connectivity index (χ1) is 8.16. The molecule has 0 aliphatic heterocycles. The van der Waals surface area contributed by atoms with Crippen LogP contribution in [0.5, 0.6) is 0 Å². The molecule has 0 amide bonds. The number of benzene rings is 1. The van der Waals surface area contributed by atoms with Crippen LogP contribution in [0.15, 0.2) is 41.1 Å². The Morgan fingerprint density at radius 1 is 1.12 bits per heavy atom. The number of thiophene rings is 1. The van der Waals surface area contributed by atoms with Crippen molar-refractivity contribution in [3.63, 3.8) is 0 Å². The van der Waals surface area contributed by atoms with Crippen molar-refractivity contribution in [1.29, 1.82) is 0 Å². The predicted octanol–water partition coefficient (Wildman–Crippen LogP) is 4.18. The van der Waals surface area contributed by atoms with Crippen LogP contribution >= 0.6 is 11.3 Å². The first-order valence-electron chi connectivity index (χ1n) is 5.82. The highest BCUT2D eigenvalue weighted by Crippen LogP contribution is 2.15. The fourth-order valence-electron chi connectivity index (χ4n) is 1.82. The molecule has 0 spiro atoms. The van der Waals surface area contributed by atoms with Gasteiger partial charge in [0.25, 0.3) is 0 Å². The molecule has 88 valence electrons. The largest absolute Gasteiger partial charge is 0.289 e. The van der Waals surface area contributed by atoms with Crippen molar-refractivity contribution in [3.05, 3.63) is 57.8 Å². The standard InChI is InChI=1S/C15H16OS/c1-11(2)9-12-3-5-13(6-4-12)15(16)14-7-8-17-10-14/h3-8,10-11H,9H2,1-2H3. The van der Waals surface area contributed by atoms with Gasteiger partial charge < -0.3 is 0 Å². The third-order valence-corrected chi connectivity index (χ3v) is 3.33. The lowest BCUT2D eigenvalue weighted by Gasteiger charge is -2.05. The number of ketones is 1. The van der Waals surface area contributed by atoms with E-state index >= 15 is 0 Å². The molecule has 0 atom stereocenters. The van der Waals surface area contributed by atoms with Gasteiger partial charge in [0, 0.05) is 16.5 Å². The van der Waals surface area contributed by atoms with Crippen LogP contribution in [0.1, 0.15) is 35.3 Å². The molecule has 2 heteroatoms. The maximum absolute atomic E-state index is 12.0. The lowest BCUT2D eigenvalue weighted by atomic mass is 9.99. The zero-order valence-electron chi connectivity index (χ0n) is 10.1. The molecule has 1 aromatic carbocycles. The smallest absolute Gasteiger partial charge is 0.193 e. The third-order valence-electron chi connectivity index (χ3n) is 2.64. The molecule has 0 fully saturated rings. The second kappa shape index (κ2) is 5.28. The molecular formula is C15H16OS. The zero-order valence-corrected chi connectivity index (χ0v) is 11.0. The summed E-state index contributed by atoms with van der Waals surface area (Å²) in [7, 11) is 0. The summed E-state index contributed by atoms with van der Waals surface area (Å²) in [5, 5.41) is 3.82. The van der Waals surface area contributed by atoms with Crippen molar-refractivity contribution >= 4 is 17.1 Å². The minimum atomic E-state index is 0.113. The molecule has 2 rings (SSSR count). The van der Waals surface area contributed by atoms with Gasteiger partial charge in [-0.1, -0.05) is 38.1 Å². The number of carbonyl (C=O) groups excluding carboxylic acids is 1. The summed E-state index contributed by atoms with van der Waals surface area (Å²) in [5.74, 6) is 0.760. The second-order valence-electron chi connectivity index (χ2n) is 4.64. The Labute approximate surface area is 106 Å². The van der Waals surface area contributed by atoms with Crippen LogP contribution in [-0.2, 0) is 6.42 Å². The summed E-state index contributed by atoms with van der Waals surface area (Å²) in [4.78, 5) is 12.0. The van der Waals surface area contributed by atoms with Crippen molar-refractivity contribution in [3.8, 4) is 0 Å². The van der Waals surface area contributed by atoms with Gasteiger partial charge in [0.15, 0.2) is 5.78 Å². The van der Waals surface area contributed by atoms with E-state index in [0.717, 1.165) is 17.5 Å². The molecule has 1 nitrogen and oxygen atoms in total. The molecule has 0 saturated carbocycles. The van der Waals surface area contributed by atoms with Crippen molar-refractivity contribution in [2.45, 2.75) is 20.3 Å². The fourth-order valence-corrected chi connectivity index (χ4v) is 2.46. The number of carbonyl (C=O) groups is 1. The molecule has 0 N–H and O–H groups in total. The Hall–Kier alpha value is -1.41. The Morgan fingerprint density at radius 2 is 1.82 bits per heavy atom. The van der Waals surface area contributed by atoms with Gasteiger partial charge in [-0.15, -0.1) is 0 Å². The van der Waals surface area contributed by atoms with Crippen molar-refractivity contribution in [1.82, 2.24) is 0 Å². The zero-order chi connectivity index (χ0) is 12.3. The highest BCUT2D eigenvalue weighted by molar-refractivity contribution is 7.08. The summed E-state index contributed by atoms with van der Waals surface area (Å²) < 4.78 is 0. The van der Waals surface area contributed by atoms with E-state index in [1.54, 1.807) is 11.3 Å². The van der Waals surface area contributed by atoms with E-state index in [1.165, 1.54) is 5.56 Å². The van der Waals surface area contributed by atoms with Gasteiger partial charge in [-0.05, 0) is 29.3 Å². The van der Waals surface area contributed by atoms with Crippen molar-refractivity contribution < 1.29 is 4.79 Å². The molecule has 17 heavy (non-hydrogen) atoms. The molecular weight excluding hydrogens is 228 g/mol. The average molecular weight is 244 g/mol. The van der Waals surface area contributed by atoms with E-state index in [1.807, 2.05) is 29.0 Å². The molecule has 0 aliphatic rings. The van der Waals surface area contributed by atoms with Crippen LogP contribution in [0.25, 0.3) is 0 Å². The summed E-state index contributed by atoms with van der Waals surface area (Å²) in [5.41, 5.74) is 2.85. The number of hydrogen-bond acceptors (Lipinski definition) is 2. The molecule has 0 unspecified atom stereocenters. The topological polar surface area (TPSA) is 17.1 Å². The summed E-state index contributed by atoms with van der Waals surface area (Å²) in [6.45, 7) is 4.40. The van der Waals surface area contributed by atoms with Crippen LogP contribution in [0, 0.1) is 5.92 Å². The predicted molar refractivity (Wildman–Crippen MR) is 72.7 cm³/mol. The maximum Gasteiger partial charge on any atom is 0.193 e. The van der Waals surface area contributed by atoms with Gasteiger partial charge in [-0.25, -0.2) is 0 Å². The fraction of sp³-hybridized carbons (Fsp3) is 0.267. The molecule has 0 bridgehead atoms. The molecule has 0 radical (unpaired) electrons. The summed E-state index contributed by atoms with van der Waals surface area (Å²) in [6.07, 6.45) is 1.06. The van der Waals surface area contributed by atoms with Gasteiger partial charge in [-0.3, -0.25) is 4.79 Å². The summed E-state index contributed by atoms with van der Waals surface area (Å²) in [6, 6.07) is 9.84. The van der Waals surface area contributed by atoms with E-state index in [-0.39, 0.29) is 5.78 Å². The lowest BCUT2D eigenvalue weighted by molar-refractivity contribution is 0.103. The van der Waals surface area contributed by atoms with Crippen molar-refractivity contribution in [2.75, 3.05) is 0 Å². The van der Waals surface area contributed by atoms with Gasteiger partial charge in [0.1, 0.15) is 0 Å². The Balaban J connectivity index is 2.15. The highest BCUT2D eigenvalue weighted by Gasteiger charge is 2.09. The molecule has 0 aliphatic carbocycles. The first-order valence-corrected chi connectivity index (χ1v) is 6.77. The minimum Gasteiger partial charge on any atom is -0.289 e. The minimum absolute atomic E-state index is 0.113. The SMILES string of the molecule is CC(C)Cc1ccc(C(=O)c2ccsc2)cc1. The normalized spacial score (nSPS) is 10.8. The van der Waals surface area contributed by atoms with Crippen LogP contribution < -0.4 is 0 Å². The molecule has 1 heterocycles. The van der Waals surface area contributed by atoms with E-state index in [9.17, 15) is 4.79 Å². The highest BCUT2D eigenvalue weighted by atomic mass is 32.1. The van der Waals surface area contributed by atoms with Gasteiger partial charge in [0.2, 0.25) is 0 Å². The van der Waals surface area contributed by atoms with Gasteiger partial charge in [0.05, 0.1) is 0 Å². The lowest BCUT2D eigenvalue weighted by Crippen LogP contribution is -2.00. The molecule has 2 aromatic rings. The second-order valence-corrected chi connectivity index (χ2v) is 5.42. The van der Waals surface area contributed by atoms with E-state index < -0.39 is 0 Å². The monoisotopic (exact) mass is 244 g/mol. The quantitative estimate of drug-likeness (QED) is 0.737. The van der Waals surface area contributed by atoms with Gasteiger partial charge in [-0.2, -0.15) is 11.3 Å². The molecule has 1 aromatic heterocycles. The Bertz CT molecular complexity index is 480. The van der Waals surface area contributed by atoms with Crippen LogP contribution in [0.3, 0.4) is 0 Å². The van der Waals surface area contributed by atoms with Crippen LogP contribution in [-0.4, -0.2) is 5.78 Å². The Kier molecular flexibility index (Phi) is 3.75. The maximum atomic E-state index is 12.0. The third kappa shape index (κ3) is 3.04. The van der Waals surface area contributed by atoms with E-state index in [2.05, 4.69) is 26.0 Å². The van der Waals surface area contributed by atoms with Crippen LogP contribution in [0.4, 0.5) is 0 Å².